The van der Waals surface area contributed by atoms with E-state index in [0.717, 1.165) is 22.6 Å². The van der Waals surface area contributed by atoms with Crippen LogP contribution >= 0.6 is 12.4 Å². The van der Waals surface area contributed by atoms with Gasteiger partial charge in [0.05, 0.1) is 11.9 Å². The van der Waals surface area contributed by atoms with Gasteiger partial charge in [-0.05, 0) is 55.8 Å². The zero-order valence-electron chi connectivity index (χ0n) is 14.3. The molecule has 26 heavy (non-hydrogen) atoms. The van der Waals surface area contributed by atoms with Crippen LogP contribution in [0.15, 0.2) is 53.2 Å². The van der Waals surface area contributed by atoms with E-state index in [9.17, 15) is 4.39 Å². The van der Waals surface area contributed by atoms with Crippen LogP contribution in [0.25, 0.3) is 28.9 Å². The zero-order chi connectivity index (χ0) is 17.4. The Balaban J connectivity index is 0.00000196. The van der Waals surface area contributed by atoms with Crippen LogP contribution in [0.1, 0.15) is 22.8 Å². The molecule has 1 aromatic carbocycles. The Kier molecular flexibility index (Phi) is 4.91. The van der Waals surface area contributed by atoms with Gasteiger partial charge in [0.1, 0.15) is 11.3 Å². The summed E-state index contributed by atoms with van der Waals surface area (Å²) in [6.07, 6.45) is 7.35. The highest BCUT2D eigenvalue weighted by atomic mass is 35.5. The summed E-state index contributed by atoms with van der Waals surface area (Å²) in [4.78, 5) is 8.48. The number of fused-ring (bicyclic) bond motifs is 1. The van der Waals surface area contributed by atoms with E-state index in [1.165, 1.54) is 12.1 Å². The largest absolute Gasteiger partial charge is 0.437 e. The maximum atomic E-state index is 13.3. The van der Waals surface area contributed by atoms with Crippen LogP contribution in [0.3, 0.4) is 0 Å². The molecule has 0 aliphatic heterocycles. The van der Waals surface area contributed by atoms with Gasteiger partial charge in [-0.2, -0.15) is 0 Å². The van der Waals surface area contributed by atoms with Crippen molar-refractivity contribution in [3.8, 4) is 5.69 Å². The van der Waals surface area contributed by atoms with Crippen molar-refractivity contribution in [2.75, 3.05) is 0 Å². The molecule has 0 saturated heterocycles. The lowest BCUT2D eigenvalue weighted by atomic mass is 10.2. The molecule has 0 amide bonds. The summed E-state index contributed by atoms with van der Waals surface area (Å²) in [6.45, 7) is 4.11. The third-order valence-corrected chi connectivity index (χ3v) is 4.15. The Morgan fingerprint density at radius 1 is 1.12 bits per heavy atom. The van der Waals surface area contributed by atoms with Gasteiger partial charge in [0, 0.05) is 29.7 Å². The van der Waals surface area contributed by atoms with Gasteiger partial charge < -0.3 is 8.98 Å². The van der Waals surface area contributed by atoms with Crippen molar-refractivity contribution in [3.63, 3.8) is 0 Å². The number of aryl methyl sites for hydroxylation is 1. The zero-order valence-corrected chi connectivity index (χ0v) is 15.1. The number of hydrogen-bond donors (Lipinski definition) is 0. The molecule has 0 atom stereocenters. The quantitative estimate of drug-likeness (QED) is 0.488. The van der Waals surface area contributed by atoms with E-state index < -0.39 is 0 Å². The predicted molar refractivity (Wildman–Crippen MR) is 103 cm³/mol. The standard InChI is InChI=1S/C20H16FN3O.ClH/c1-13-10-15(14(2)24(13)17-4-3-9-22-12-17)5-8-20-23-18-11-16(21)6-7-19(18)25-20;/h3-12H,1-2H3;1H/b8-5+;. The molecule has 0 N–H and O–H groups in total. The SMILES string of the molecule is Cc1cc(/C=C/c2nc3cc(F)ccc3o2)c(C)n1-c1cccnc1.Cl. The van der Waals surface area contributed by atoms with Gasteiger partial charge in [0.2, 0.25) is 5.89 Å². The van der Waals surface area contributed by atoms with E-state index in [1.807, 2.05) is 24.4 Å². The number of oxazole rings is 1. The normalized spacial score (nSPS) is 11.2. The van der Waals surface area contributed by atoms with E-state index in [4.69, 9.17) is 4.42 Å². The molecular weight excluding hydrogens is 353 g/mol. The highest BCUT2D eigenvalue weighted by Gasteiger charge is 2.09. The molecule has 0 aliphatic rings. The summed E-state index contributed by atoms with van der Waals surface area (Å²) >= 11 is 0. The molecule has 6 heteroatoms. The average molecular weight is 370 g/mol. The molecule has 4 nitrogen and oxygen atoms in total. The Morgan fingerprint density at radius 2 is 1.96 bits per heavy atom. The molecule has 4 rings (SSSR count). The van der Waals surface area contributed by atoms with Gasteiger partial charge in [-0.3, -0.25) is 4.98 Å². The van der Waals surface area contributed by atoms with Crippen molar-refractivity contribution >= 4 is 35.7 Å². The molecule has 0 radical (unpaired) electrons. The van der Waals surface area contributed by atoms with Crippen molar-refractivity contribution in [1.82, 2.24) is 14.5 Å². The van der Waals surface area contributed by atoms with Gasteiger partial charge in [0.25, 0.3) is 0 Å². The lowest BCUT2D eigenvalue weighted by Gasteiger charge is -2.08. The van der Waals surface area contributed by atoms with Crippen LogP contribution in [0.5, 0.6) is 0 Å². The second-order valence-electron chi connectivity index (χ2n) is 5.87. The Labute approximate surface area is 156 Å². The van der Waals surface area contributed by atoms with E-state index in [-0.39, 0.29) is 18.2 Å². The third kappa shape index (κ3) is 3.26. The van der Waals surface area contributed by atoms with E-state index in [2.05, 4.69) is 34.4 Å². The third-order valence-electron chi connectivity index (χ3n) is 4.15. The predicted octanol–water partition coefficient (Wildman–Crippen LogP) is 5.36. The first kappa shape index (κ1) is 17.9. The van der Waals surface area contributed by atoms with Crippen LogP contribution in [-0.2, 0) is 0 Å². The number of aromatic nitrogens is 3. The second-order valence-corrected chi connectivity index (χ2v) is 5.87. The van der Waals surface area contributed by atoms with Crippen LogP contribution < -0.4 is 0 Å². The minimum Gasteiger partial charge on any atom is -0.437 e. The second kappa shape index (κ2) is 7.14. The number of halogens is 2. The van der Waals surface area contributed by atoms with Crippen LogP contribution in [-0.4, -0.2) is 14.5 Å². The number of benzene rings is 1. The molecule has 132 valence electrons. The number of hydrogen-bond acceptors (Lipinski definition) is 3. The fourth-order valence-electron chi connectivity index (χ4n) is 2.99. The van der Waals surface area contributed by atoms with Gasteiger partial charge >= 0.3 is 0 Å². The summed E-state index contributed by atoms with van der Waals surface area (Å²) < 4.78 is 21.0. The van der Waals surface area contributed by atoms with Gasteiger partial charge in [-0.25, -0.2) is 9.37 Å². The Hall–Kier alpha value is -2.92. The topological polar surface area (TPSA) is 43.9 Å². The highest BCUT2D eigenvalue weighted by Crippen LogP contribution is 2.23. The lowest BCUT2D eigenvalue weighted by Crippen LogP contribution is -1.99. The van der Waals surface area contributed by atoms with Crippen LogP contribution in [0, 0.1) is 19.7 Å². The number of nitrogens with zero attached hydrogens (tertiary/aromatic N) is 3. The molecule has 4 aromatic rings. The summed E-state index contributed by atoms with van der Waals surface area (Å²) in [7, 11) is 0. The van der Waals surface area contributed by atoms with Gasteiger partial charge in [-0.15, -0.1) is 12.4 Å². The fraction of sp³-hybridized carbons (Fsp3) is 0.100. The summed E-state index contributed by atoms with van der Waals surface area (Å²) in [5.74, 6) is 0.128. The maximum absolute atomic E-state index is 13.3. The minimum atomic E-state index is -0.323. The van der Waals surface area contributed by atoms with Crippen molar-refractivity contribution in [1.29, 1.82) is 0 Å². The molecular formula is C20H17ClFN3O. The number of rotatable bonds is 3. The molecule has 0 bridgehead atoms. The van der Waals surface area contributed by atoms with Crippen LogP contribution in [0.2, 0.25) is 0 Å². The van der Waals surface area contributed by atoms with Crippen molar-refractivity contribution < 1.29 is 8.81 Å². The first-order valence-corrected chi connectivity index (χ1v) is 7.95. The Bertz CT molecular complexity index is 1080. The molecule has 0 saturated carbocycles. The molecule has 0 unspecified atom stereocenters. The first-order chi connectivity index (χ1) is 12.1. The smallest absolute Gasteiger partial charge is 0.220 e. The average Bonchev–Trinajstić information content (AvgIpc) is 3.13. The minimum absolute atomic E-state index is 0. The highest BCUT2D eigenvalue weighted by molar-refractivity contribution is 5.85. The number of pyridine rings is 1. The monoisotopic (exact) mass is 369 g/mol. The maximum Gasteiger partial charge on any atom is 0.220 e. The van der Waals surface area contributed by atoms with E-state index in [0.29, 0.717) is 17.0 Å². The summed E-state index contributed by atoms with van der Waals surface area (Å²) in [6, 6.07) is 10.4. The van der Waals surface area contributed by atoms with Crippen molar-refractivity contribution in [2.45, 2.75) is 13.8 Å². The first-order valence-electron chi connectivity index (χ1n) is 7.95. The van der Waals surface area contributed by atoms with Crippen LogP contribution in [0.4, 0.5) is 4.39 Å². The summed E-state index contributed by atoms with van der Waals surface area (Å²) in [5, 5.41) is 0. The molecule has 3 heterocycles. The van der Waals surface area contributed by atoms with Crippen molar-refractivity contribution in [3.05, 3.63) is 77.5 Å². The van der Waals surface area contributed by atoms with Gasteiger partial charge in [-0.1, -0.05) is 0 Å². The molecule has 0 fully saturated rings. The van der Waals surface area contributed by atoms with Crippen molar-refractivity contribution in [2.24, 2.45) is 0 Å². The fourth-order valence-corrected chi connectivity index (χ4v) is 2.99. The molecule has 3 aromatic heterocycles. The molecule has 0 spiro atoms. The Morgan fingerprint density at radius 3 is 2.73 bits per heavy atom. The van der Waals surface area contributed by atoms with Gasteiger partial charge in [0.15, 0.2) is 5.58 Å². The lowest BCUT2D eigenvalue weighted by molar-refractivity contribution is 0.588. The van der Waals surface area contributed by atoms with E-state index >= 15 is 0 Å². The summed E-state index contributed by atoms with van der Waals surface area (Å²) in [5.41, 5.74) is 5.39. The molecule has 0 aliphatic carbocycles. The van der Waals surface area contributed by atoms with E-state index in [1.54, 1.807) is 18.3 Å².